The molecule has 1 aromatic carbocycles. The predicted octanol–water partition coefficient (Wildman–Crippen LogP) is 1.21. The second kappa shape index (κ2) is 6.53. The van der Waals surface area contributed by atoms with E-state index in [9.17, 15) is 8.42 Å². The molecule has 0 amide bonds. The second-order valence-corrected chi connectivity index (χ2v) is 5.60. The maximum Gasteiger partial charge on any atom is 0.246 e. The number of hydrogen-bond donors (Lipinski definition) is 2. The monoisotopic (exact) mass is 269 g/mol. The molecule has 0 spiro atoms. The van der Waals surface area contributed by atoms with E-state index in [0.717, 1.165) is 16.7 Å². The Hall–Kier alpha value is -1.37. The van der Waals surface area contributed by atoms with Crippen molar-refractivity contribution in [1.29, 1.82) is 0 Å². The summed E-state index contributed by atoms with van der Waals surface area (Å²) in [5.74, 6) is 0. The van der Waals surface area contributed by atoms with Crippen LogP contribution in [0.25, 0.3) is 0 Å². The van der Waals surface area contributed by atoms with Crippen molar-refractivity contribution < 1.29 is 8.42 Å². The number of nitrogens with zero attached hydrogens (tertiary/aromatic N) is 1. The van der Waals surface area contributed by atoms with Gasteiger partial charge in [-0.2, -0.15) is 0 Å². The third-order valence-corrected chi connectivity index (χ3v) is 3.33. The quantitative estimate of drug-likeness (QED) is 0.762. The van der Waals surface area contributed by atoms with Gasteiger partial charge in [-0.3, -0.25) is 0 Å². The molecule has 5 nitrogen and oxygen atoms in total. The van der Waals surface area contributed by atoms with Gasteiger partial charge in [-0.1, -0.05) is 18.2 Å². The number of anilines is 1. The van der Waals surface area contributed by atoms with Crippen LogP contribution in [0.1, 0.15) is 12.5 Å². The van der Waals surface area contributed by atoms with Crippen LogP contribution in [0.4, 0.5) is 5.69 Å². The van der Waals surface area contributed by atoms with Crippen LogP contribution in [0.15, 0.2) is 35.7 Å². The molecular formula is C12H19N3O2S. The van der Waals surface area contributed by atoms with Crippen LogP contribution in [-0.4, -0.2) is 22.5 Å². The standard InChI is InChI=1S/C12H19N3O2S/c1-4-9-18(16,17)14-13-10-11-5-7-12(8-6-11)15(2)3/h4-9,13-14H,10H2,1-3H3. The summed E-state index contributed by atoms with van der Waals surface area (Å²) in [6.45, 7) is 2.09. The Morgan fingerprint density at radius 3 is 2.33 bits per heavy atom. The van der Waals surface area contributed by atoms with Gasteiger partial charge in [0, 0.05) is 31.7 Å². The molecule has 0 aliphatic rings. The molecule has 6 heteroatoms. The summed E-state index contributed by atoms with van der Waals surface area (Å²) < 4.78 is 22.6. The number of nitrogens with one attached hydrogen (secondary N) is 2. The number of rotatable bonds is 6. The largest absolute Gasteiger partial charge is 0.378 e. The van der Waals surface area contributed by atoms with Crippen LogP contribution in [0.5, 0.6) is 0 Å². The van der Waals surface area contributed by atoms with E-state index in [1.54, 1.807) is 6.92 Å². The minimum absolute atomic E-state index is 0.435. The zero-order valence-electron chi connectivity index (χ0n) is 10.8. The maximum absolute atomic E-state index is 11.3. The highest BCUT2D eigenvalue weighted by molar-refractivity contribution is 7.92. The summed E-state index contributed by atoms with van der Waals surface area (Å²) in [5, 5.41) is 1.11. The minimum atomic E-state index is -3.37. The van der Waals surface area contributed by atoms with Crippen molar-refractivity contribution in [3.8, 4) is 0 Å². The van der Waals surface area contributed by atoms with Gasteiger partial charge in [0.25, 0.3) is 0 Å². The number of sulfonamides is 1. The molecular weight excluding hydrogens is 250 g/mol. The molecule has 0 fully saturated rings. The van der Waals surface area contributed by atoms with Crippen molar-refractivity contribution in [1.82, 2.24) is 10.3 Å². The molecule has 2 N–H and O–H groups in total. The van der Waals surface area contributed by atoms with Crippen molar-refractivity contribution in [2.75, 3.05) is 19.0 Å². The van der Waals surface area contributed by atoms with Crippen molar-refractivity contribution in [3.63, 3.8) is 0 Å². The average Bonchev–Trinajstić information content (AvgIpc) is 2.29. The van der Waals surface area contributed by atoms with Gasteiger partial charge in [-0.25, -0.2) is 13.8 Å². The van der Waals surface area contributed by atoms with Gasteiger partial charge < -0.3 is 4.90 Å². The third-order valence-electron chi connectivity index (χ3n) is 2.27. The van der Waals surface area contributed by atoms with E-state index < -0.39 is 10.0 Å². The van der Waals surface area contributed by atoms with Crippen molar-refractivity contribution in [2.24, 2.45) is 0 Å². The van der Waals surface area contributed by atoms with E-state index >= 15 is 0 Å². The Balaban J connectivity index is 2.50. The lowest BCUT2D eigenvalue weighted by atomic mass is 10.2. The van der Waals surface area contributed by atoms with Crippen LogP contribution in [0.3, 0.4) is 0 Å². The zero-order chi connectivity index (χ0) is 13.6. The van der Waals surface area contributed by atoms with Gasteiger partial charge in [0.1, 0.15) is 0 Å². The van der Waals surface area contributed by atoms with Crippen LogP contribution in [0, 0.1) is 0 Å². The van der Waals surface area contributed by atoms with Gasteiger partial charge in [0.05, 0.1) is 0 Å². The van der Waals surface area contributed by atoms with Gasteiger partial charge in [-0.15, -0.1) is 4.83 Å². The Morgan fingerprint density at radius 1 is 1.22 bits per heavy atom. The van der Waals surface area contributed by atoms with Gasteiger partial charge in [-0.05, 0) is 24.6 Å². The smallest absolute Gasteiger partial charge is 0.246 e. The molecule has 0 aliphatic carbocycles. The Morgan fingerprint density at radius 2 is 1.83 bits per heavy atom. The molecule has 0 atom stereocenters. The van der Waals surface area contributed by atoms with E-state index in [-0.39, 0.29) is 0 Å². The third kappa shape index (κ3) is 4.87. The summed E-state index contributed by atoms with van der Waals surface area (Å²) in [6.07, 6.45) is 1.47. The lowest BCUT2D eigenvalue weighted by Gasteiger charge is -2.12. The topological polar surface area (TPSA) is 61.4 Å². The van der Waals surface area contributed by atoms with Crippen molar-refractivity contribution in [2.45, 2.75) is 13.5 Å². The highest BCUT2D eigenvalue weighted by atomic mass is 32.2. The summed E-state index contributed by atoms with van der Waals surface area (Å²) in [4.78, 5) is 4.28. The number of hydrogen-bond acceptors (Lipinski definition) is 4. The Labute approximate surface area is 109 Å². The normalized spacial score (nSPS) is 11.9. The van der Waals surface area contributed by atoms with Gasteiger partial charge in [0.15, 0.2) is 0 Å². The first-order valence-electron chi connectivity index (χ1n) is 5.58. The van der Waals surface area contributed by atoms with Crippen molar-refractivity contribution >= 4 is 15.7 Å². The van der Waals surface area contributed by atoms with Crippen LogP contribution in [-0.2, 0) is 16.6 Å². The maximum atomic E-state index is 11.3. The molecule has 0 bridgehead atoms. The van der Waals surface area contributed by atoms with Crippen LogP contribution in [0.2, 0.25) is 0 Å². The predicted molar refractivity (Wildman–Crippen MR) is 74.5 cm³/mol. The number of hydrazine groups is 1. The molecule has 100 valence electrons. The summed E-state index contributed by atoms with van der Waals surface area (Å²) in [5.41, 5.74) is 4.78. The Kier molecular flexibility index (Phi) is 5.33. The molecule has 0 aromatic heterocycles. The first-order valence-corrected chi connectivity index (χ1v) is 7.13. The van der Waals surface area contributed by atoms with Crippen molar-refractivity contribution in [3.05, 3.63) is 41.3 Å². The first-order chi connectivity index (χ1) is 8.44. The molecule has 0 radical (unpaired) electrons. The fourth-order valence-electron chi connectivity index (χ4n) is 1.36. The first kappa shape index (κ1) is 14.7. The van der Waals surface area contributed by atoms with E-state index in [1.807, 2.05) is 43.3 Å². The van der Waals surface area contributed by atoms with E-state index in [4.69, 9.17) is 0 Å². The SMILES string of the molecule is CC=CS(=O)(=O)NNCc1ccc(N(C)C)cc1. The lowest BCUT2D eigenvalue weighted by Crippen LogP contribution is -2.35. The Bertz CT molecular complexity index is 493. The van der Waals surface area contributed by atoms with E-state index in [2.05, 4.69) is 10.3 Å². The van der Waals surface area contributed by atoms with Crippen LogP contribution >= 0.6 is 0 Å². The van der Waals surface area contributed by atoms with Gasteiger partial charge >= 0.3 is 0 Å². The highest BCUT2D eigenvalue weighted by Crippen LogP contribution is 2.11. The molecule has 1 rings (SSSR count). The fraction of sp³-hybridized carbons (Fsp3) is 0.333. The molecule has 0 aliphatic heterocycles. The summed E-state index contributed by atoms with van der Waals surface area (Å²) >= 11 is 0. The average molecular weight is 269 g/mol. The zero-order valence-corrected chi connectivity index (χ0v) is 11.7. The minimum Gasteiger partial charge on any atom is -0.378 e. The highest BCUT2D eigenvalue weighted by Gasteiger charge is 2.02. The molecule has 18 heavy (non-hydrogen) atoms. The summed E-state index contributed by atoms with van der Waals surface area (Å²) in [7, 11) is 0.568. The van der Waals surface area contributed by atoms with E-state index in [1.165, 1.54) is 6.08 Å². The molecule has 0 saturated heterocycles. The summed E-state index contributed by atoms with van der Waals surface area (Å²) in [6, 6.07) is 7.87. The molecule has 1 aromatic rings. The second-order valence-electron chi connectivity index (χ2n) is 4.03. The molecule has 0 unspecified atom stereocenters. The van der Waals surface area contributed by atoms with Gasteiger partial charge in [0.2, 0.25) is 10.0 Å². The van der Waals surface area contributed by atoms with Crippen LogP contribution < -0.4 is 15.2 Å². The number of allylic oxidation sites excluding steroid dienone is 1. The molecule has 0 saturated carbocycles. The van der Waals surface area contributed by atoms with E-state index in [0.29, 0.717) is 6.54 Å². The fourth-order valence-corrected chi connectivity index (χ4v) is 2.06. The lowest BCUT2D eigenvalue weighted by molar-refractivity contribution is 0.564. The number of benzene rings is 1. The molecule has 0 heterocycles.